The third-order valence-corrected chi connectivity index (χ3v) is 4.27. The first kappa shape index (κ1) is 21.0. The Balaban J connectivity index is 1.61. The molecule has 1 amide bonds. The largest absolute Gasteiger partial charge is 0.497 e. The lowest BCUT2D eigenvalue weighted by Gasteiger charge is -2.16. The second-order valence-electron chi connectivity index (χ2n) is 6.83. The van der Waals surface area contributed by atoms with Crippen molar-refractivity contribution >= 4 is 29.2 Å². The molecule has 0 saturated carbocycles. The summed E-state index contributed by atoms with van der Waals surface area (Å²) in [6.07, 6.45) is 0. The molecule has 2 aromatic carbocycles. The Morgan fingerprint density at radius 3 is 2.70 bits per heavy atom. The van der Waals surface area contributed by atoms with Crippen LogP contribution in [0.15, 0.2) is 48.5 Å². The van der Waals surface area contributed by atoms with Crippen molar-refractivity contribution in [3.8, 4) is 5.75 Å². The molecule has 0 bridgehead atoms. The molecule has 0 saturated heterocycles. The highest BCUT2D eigenvalue weighted by atomic mass is 16.5. The van der Waals surface area contributed by atoms with Crippen molar-refractivity contribution in [3.05, 3.63) is 59.9 Å². The van der Waals surface area contributed by atoms with Crippen LogP contribution in [-0.2, 0) is 11.3 Å². The van der Waals surface area contributed by atoms with Crippen molar-refractivity contribution in [1.82, 2.24) is 19.9 Å². The van der Waals surface area contributed by atoms with Crippen molar-refractivity contribution in [2.45, 2.75) is 13.5 Å². The highest BCUT2D eigenvalue weighted by molar-refractivity contribution is 5.92. The molecule has 4 N–H and O–H groups in total. The lowest BCUT2D eigenvalue weighted by atomic mass is 10.2. The molecule has 1 heterocycles. The normalized spacial score (nSPS) is 10.7. The van der Waals surface area contributed by atoms with Crippen LogP contribution in [0.5, 0.6) is 5.75 Å². The predicted octanol–water partition coefficient (Wildman–Crippen LogP) is 2.58. The predicted molar refractivity (Wildman–Crippen MR) is 117 cm³/mol. The minimum absolute atomic E-state index is 0.116. The van der Waals surface area contributed by atoms with Crippen LogP contribution in [0, 0.1) is 6.92 Å². The number of nitrogens with two attached hydrogens (primary N) is 1. The fraction of sp³-hybridized carbons (Fsp3) is 0.238. The van der Waals surface area contributed by atoms with E-state index in [4.69, 9.17) is 10.5 Å². The third-order valence-electron chi connectivity index (χ3n) is 4.27. The molecule has 30 heavy (non-hydrogen) atoms. The van der Waals surface area contributed by atoms with Crippen LogP contribution >= 0.6 is 0 Å². The Morgan fingerprint density at radius 2 is 1.93 bits per heavy atom. The van der Waals surface area contributed by atoms with E-state index in [1.54, 1.807) is 31.2 Å². The quantitative estimate of drug-likeness (QED) is 0.521. The average Bonchev–Trinajstić information content (AvgIpc) is 2.69. The number of hydrogen-bond acceptors (Lipinski definition) is 8. The summed E-state index contributed by atoms with van der Waals surface area (Å²) < 4.78 is 5.17. The Morgan fingerprint density at radius 1 is 1.13 bits per heavy atom. The van der Waals surface area contributed by atoms with Gasteiger partial charge in [-0.3, -0.25) is 9.69 Å². The van der Waals surface area contributed by atoms with Gasteiger partial charge in [0.1, 0.15) is 11.6 Å². The number of methoxy groups -OCH3 is 1. The maximum Gasteiger partial charge on any atom is 0.238 e. The Hall–Kier alpha value is -3.72. The molecule has 0 spiro atoms. The number of para-hydroxylation sites is 1. The van der Waals surface area contributed by atoms with E-state index in [1.165, 1.54) is 0 Å². The van der Waals surface area contributed by atoms with E-state index in [1.807, 2.05) is 43.3 Å². The molecule has 156 valence electrons. The number of anilines is 4. The molecular formula is C21H25N7O2. The van der Waals surface area contributed by atoms with Crippen molar-refractivity contribution < 1.29 is 9.53 Å². The fourth-order valence-electron chi connectivity index (χ4n) is 2.84. The zero-order valence-electron chi connectivity index (χ0n) is 17.2. The van der Waals surface area contributed by atoms with Gasteiger partial charge in [0.25, 0.3) is 0 Å². The van der Waals surface area contributed by atoms with Crippen LogP contribution < -0.4 is 21.1 Å². The number of nitrogens with one attached hydrogen (secondary N) is 2. The number of nitrogen functional groups attached to an aromatic ring is 1. The lowest BCUT2D eigenvalue weighted by Crippen LogP contribution is -2.30. The first-order valence-electron chi connectivity index (χ1n) is 9.38. The number of carbonyl (C=O) groups excluding carboxylic acids is 1. The van der Waals surface area contributed by atoms with Crippen LogP contribution in [0.2, 0.25) is 0 Å². The molecule has 0 aliphatic rings. The van der Waals surface area contributed by atoms with Gasteiger partial charge in [0.2, 0.25) is 17.8 Å². The van der Waals surface area contributed by atoms with Gasteiger partial charge in [-0.25, -0.2) is 0 Å². The SMILES string of the molecule is COc1cccc(NC(=O)CN(C)Cc2nc(N)nc(Nc3ccccc3C)n2)c1. The summed E-state index contributed by atoms with van der Waals surface area (Å²) >= 11 is 0. The summed E-state index contributed by atoms with van der Waals surface area (Å²) in [5.41, 5.74) is 8.46. The standard InChI is InChI=1S/C21H25N7O2/c1-14-7-4-5-10-17(14)24-21-26-18(25-20(22)27-21)12-28(2)13-19(29)23-15-8-6-9-16(11-15)30-3/h4-11H,12-13H2,1-3H3,(H,23,29)(H3,22,24,25,26,27). The number of carbonyl (C=O) groups is 1. The number of nitrogens with zero attached hydrogens (tertiary/aromatic N) is 4. The second kappa shape index (κ2) is 9.66. The van der Waals surface area contributed by atoms with Gasteiger partial charge >= 0.3 is 0 Å². The Labute approximate surface area is 175 Å². The maximum atomic E-state index is 12.3. The van der Waals surface area contributed by atoms with Gasteiger partial charge in [-0.05, 0) is 37.7 Å². The number of benzene rings is 2. The first-order valence-corrected chi connectivity index (χ1v) is 9.38. The molecule has 0 unspecified atom stereocenters. The van der Waals surface area contributed by atoms with Gasteiger partial charge in [-0.1, -0.05) is 24.3 Å². The van der Waals surface area contributed by atoms with Crippen LogP contribution in [0.4, 0.5) is 23.3 Å². The number of likely N-dealkylation sites (N-methyl/N-ethyl adjacent to an activating group) is 1. The van der Waals surface area contributed by atoms with Crippen LogP contribution in [0.1, 0.15) is 11.4 Å². The van der Waals surface area contributed by atoms with Gasteiger partial charge < -0.3 is 21.1 Å². The van der Waals surface area contributed by atoms with E-state index in [9.17, 15) is 4.79 Å². The van der Waals surface area contributed by atoms with Crippen molar-refractivity contribution in [2.24, 2.45) is 0 Å². The maximum absolute atomic E-state index is 12.3. The van der Waals surface area contributed by atoms with Crippen molar-refractivity contribution in [1.29, 1.82) is 0 Å². The molecule has 0 atom stereocenters. The summed E-state index contributed by atoms with van der Waals surface area (Å²) in [4.78, 5) is 26.9. The Bertz CT molecular complexity index is 1030. The minimum Gasteiger partial charge on any atom is -0.497 e. The van der Waals surface area contributed by atoms with Gasteiger partial charge in [0.05, 0.1) is 20.2 Å². The number of aromatic nitrogens is 3. The molecule has 9 nitrogen and oxygen atoms in total. The van der Waals surface area contributed by atoms with E-state index in [-0.39, 0.29) is 18.4 Å². The summed E-state index contributed by atoms with van der Waals surface area (Å²) in [6, 6.07) is 15.0. The minimum atomic E-state index is -0.161. The highest BCUT2D eigenvalue weighted by Gasteiger charge is 2.12. The van der Waals surface area contributed by atoms with Gasteiger partial charge in [-0.2, -0.15) is 15.0 Å². The van der Waals surface area contributed by atoms with Crippen LogP contribution in [0.25, 0.3) is 0 Å². The van der Waals surface area contributed by atoms with Crippen molar-refractivity contribution in [3.63, 3.8) is 0 Å². The first-order chi connectivity index (χ1) is 14.4. The van der Waals surface area contributed by atoms with E-state index in [0.717, 1.165) is 11.3 Å². The molecule has 9 heteroatoms. The zero-order valence-corrected chi connectivity index (χ0v) is 17.2. The molecule has 0 aliphatic carbocycles. The highest BCUT2D eigenvalue weighted by Crippen LogP contribution is 2.18. The topological polar surface area (TPSA) is 118 Å². The summed E-state index contributed by atoms with van der Waals surface area (Å²) in [5.74, 6) is 1.46. The molecule has 3 rings (SSSR count). The number of ether oxygens (including phenoxy) is 1. The fourth-order valence-corrected chi connectivity index (χ4v) is 2.84. The molecule has 0 fully saturated rings. The molecule has 0 aliphatic heterocycles. The zero-order chi connectivity index (χ0) is 21.5. The summed E-state index contributed by atoms with van der Waals surface area (Å²) in [7, 11) is 3.39. The van der Waals surface area contributed by atoms with E-state index in [2.05, 4.69) is 25.6 Å². The number of hydrogen-bond donors (Lipinski definition) is 3. The van der Waals surface area contributed by atoms with Crippen LogP contribution in [-0.4, -0.2) is 46.5 Å². The lowest BCUT2D eigenvalue weighted by molar-refractivity contribution is -0.117. The summed E-state index contributed by atoms with van der Waals surface area (Å²) in [5, 5.41) is 6.00. The summed E-state index contributed by atoms with van der Waals surface area (Å²) in [6.45, 7) is 2.48. The Kier molecular flexibility index (Phi) is 6.76. The van der Waals surface area contributed by atoms with Gasteiger partial charge in [-0.15, -0.1) is 0 Å². The molecule has 3 aromatic rings. The van der Waals surface area contributed by atoms with Gasteiger partial charge in [0.15, 0.2) is 0 Å². The third kappa shape index (κ3) is 5.89. The number of aryl methyl sites for hydroxylation is 1. The molecule has 1 aromatic heterocycles. The van der Waals surface area contributed by atoms with Crippen molar-refractivity contribution in [2.75, 3.05) is 37.1 Å². The number of amides is 1. The van der Waals surface area contributed by atoms with E-state index >= 15 is 0 Å². The second-order valence-corrected chi connectivity index (χ2v) is 6.83. The molecular weight excluding hydrogens is 382 g/mol. The molecule has 0 radical (unpaired) electrons. The monoisotopic (exact) mass is 407 g/mol. The van der Waals surface area contributed by atoms with Crippen LogP contribution in [0.3, 0.4) is 0 Å². The smallest absolute Gasteiger partial charge is 0.238 e. The van der Waals surface area contributed by atoms with Gasteiger partial charge in [0, 0.05) is 17.4 Å². The number of rotatable bonds is 8. The average molecular weight is 407 g/mol. The van der Waals surface area contributed by atoms with E-state index in [0.29, 0.717) is 29.8 Å². The van der Waals surface area contributed by atoms with E-state index < -0.39 is 0 Å².